The maximum atomic E-state index is 12.3. The number of methoxy groups -OCH3 is 2. The Bertz CT molecular complexity index is 947. The van der Waals surface area contributed by atoms with Gasteiger partial charge in [0.05, 0.1) is 24.7 Å². The Labute approximate surface area is 162 Å². The molecule has 8 heteroatoms. The summed E-state index contributed by atoms with van der Waals surface area (Å²) in [6, 6.07) is 13.1. The zero-order chi connectivity index (χ0) is 20.5. The fourth-order valence-corrected chi connectivity index (χ4v) is 2.53. The fourth-order valence-electron chi connectivity index (χ4n) is 2.53. The van der Waals surface area contributed by atoms with Gasteiger partial charge in [-0.25, -0.2) is 0 Å². The highest BCUT2D eigenvalue weighted by Crippen LogP contribution is 2.27. The Morgan fingerprint density at radius 3 is 2.57 bits per heavy atom. The Balaban J connectivity index is 2.06. The van der Waals surface area contributed by atoms with E-state index in [1.54, 1.807) is 31.4 Å². The Hall–Kier alpha value is -3.86. The van der Waals surface area contributed by atoms with E-state index in [4.69, 9.17) is 9.47 Å². The maximum absolute atomic E-state index is 12.3. The van der Waals surface area contributed by atoms with E-state index in [9.17, 15) is 20.2 Å². The molecule has 0 spiro atoms. The van der Waals surface area contributed by atoms with Crippen LogP contribution in [0, 0.1) is 21.4 Å². The van der Waals surface area contributed by atoms with Gasteiger partial charge in [0.1, 0.15) is 11.6 Å². The van der Waals surface area contributed by atoms with Crippen LogP contribution in [0.15, 0.2) is 48.0 Å². The Morgan fingerprint density at radius 1 is 1.21 bits per heavy atom. The molecule has 2 aromatic carbocycles. The first-order chi connectivity index (χ1) is 13.5. The van der Waals surface area contributed by atoms with Gasteiger partial charge in [-0.1, -0.05) is 18.2 Å². The van der Waals surface area contributed by atoms with Gasteiger partial charge >= 0.3 is 0 Å². The highest BCUT2D eigenvalue weighted by molar-refractivity contribution is 6.02. The molecule has 2 rings (SSSR count). The molecule has 0 saturated heterocycles. The monoisotopic (exact) mass is 381 g/mol. The summed E-state index contributed by atoms with van der Waals surface area (Å²) < 4.78 is 10.4. The molecule has 0 fully saturated rings. The van der Waals surface area contributed by atoms with Crippen molar-refractivity contribution in [3.8, 4) is 17.6 Å². The molecule has 1 amide bonds. The number of amides is 1. The summed E-state index contributed by atoms with van der Waals surface area (Å²) in [7, 11) is 3.08. The van der Waals surface area contributed by atoms with Gasteiger partial charge in [-0.15, -0.1) is 0 Å². The molecule has 144 valence electrons. The van der Waals surface area contributed by atoms with Gasteiger partial charge in [-0.05, 0) is 36.3 Å². The van der Waals surface area contributed by atoms with Crippen molar-refractivity contribution >= 4 is 17.7 Å². The minimum Gasteiger partial charge on any atom is -0.493 e. The second-order valence-corrected chi connectivity index (χ2v) is 5.68. The van der Waals surface area contributed by atoms with Crippen LogP contribution < -0.4 is 14.8 Å². The Morgan fingerprint density at radius 2 is 1.93 bits per heavy atom. The number of nitrogens with zero attached hydrogens (tertiary/aromatic N) is 2. The van der Waals surface area contributed by atoms with Gasteiger partial charge < -0.3 is 14.8 Å². The molecular weight excluding hydrogens is 362 g/mol. The van der Waals surface area contributed by atoms with E-state index < -0.39 is 10.8 Å². The lowest BCUT2D eigenvalue weighted by Crippen LogP contribution is -2.26. The van der Waals surface area contributed by atoms with E-state index in [0.29, 0.717) is 17.9 Å². The highest BCUT2D eigenvalue weighted by atomic mass is 16.6. The van der Waals surface area contributed by atoms with Crippen LogP contribution >= 0.6 is 0 Å². The number of carbonyl (C=O) groups is 1. The summed E-state index contributed by atoms with van der Waals surface area (Å²) in [5.41, 5.74) is 0.730. The summed E-state index contributed by atoms with van der Waals surface area (Å²) in [5.74, 6) is 0.593. The topological polar surface area (TPSA) is 114 Å². The number of ether oxygens (including phenoxy) is 2. The minimum absolute atomic E-state index is 0.173. The third kappa shape index (κ3) is 5.08. The standard InChI is InChI=1S/C20H19N3O5/c1-27-18-8-7-14(11-19(18)28-2)9-10-22-20(24)16(13-21)12-15-5-3-4-6-17(15)23(25)26/h3-8,11-12H,9-10H2,1-2H3,(H,22,24)/b16-12-. The van der Waals surface area contributed by atoms with Crippen LogP contribution in [-0.4, -0.2) is 31.6 Å². The van der Waals surface area contributed by atoms with Crippen LogP contribution in [0.5, 0.6) is 11.5 Å². The van der Waals surface area contributed by atoms with E-state index in [1.807, 2.05) is 6.07 Å². The van der Waals surface area contributed by atoms with Crippen LogP contribution in [0.2, 0.25) is 0 Å². The largest absolute Gasteiger partial charge is 0.493 e. The normalized spacial score (nSPS) is 10.7. The molecule has 0 aliphatic rings. The van der Waals surface area contributed by atoms with Crippen molar-refractivity contribution in [2.24, 2.45) is 0 Å². The second-order valence-electron chi connectivity index (χ2n) is 5.68. The van der Waals surface area contributed by atoms with Crippen LogP contribution in [-0.2, 0) is 11.2 Å². The number of para-hydroxylation sites is 1. The molecule has 0 saturated carbocycles. The average Bonchev–Trinajstić information content (AvgIpc) is 2.71. The van der Waals surface area contributed by atoms with Crippen molar-refractivity contribution in [3.63, 3.8) is 0 Å². The first-order valence-corrected chi connectivity index (χ1v) is 8.34. The van der Waals surface area contributed by atoms with Gasteiger partial charge in [0.25, 0.3) is 11.6 Å². The van der Waals surface area contributed by atoms with Gasteiger partial charge in [0, 0.05) is 12.6 Å². The van der Waals surface area contributed by atoms with E-state index in [2.05, 4.69) is 5.32 Å². The van der Waals surface area contributed by atoms with Crippen molar-refractivity contribution in [2.45, 2.75) is 6.42 Å². The van der Waals surface area contributed by atoms with E-state index in [0.717, 1.165) is 5.56 Å². The zero-order valence-corrected chi connectivity index (χ0v) is 15.5. The van der Waals surface area contributed by atoms with Crippen molar-refractivity contribution in [2.75, 3.05) is 20.8 Å². The van der Waals surface area contributed by atoms with Gasteiger partial charge in [-0.3, -0.25) is 14.9 Å². The van der Waals surface area contributed by atoms with Crippen molar-refractivity contribution < 1.29 is 19.2 Å². The summed E-state index contributed by atoms with van der Waals surface area (Å²) in [6.07, 6.45) is 1.72. The quantitative estimate of drug-likeness (QED) is 0.325. The molecule has 0 radical (unpaired) electrons. The summed E-state index contributed by atoms with van der Waals surface area (Å²) in [6.45, 7) is 0.282. The van der Waals surface area contributed by atoms with Crippen LogP contribution in [0.1, 0.15) is 11.1 Å². The Kier molecular flexibility index (Phi) is 7.11. The molecule has 0 heterocycles. The summed E-state index contributed by atoms with van der Waals surface area (Å²) in [5, 5.41) is 23.0. The number of rotatable bonds is 8. The third-order valence-electron chi connectivity index (χ3n) is 3.95. The van der Waals surface area contributed by atoms with Crippen molar-refractivity contribution in [1.29, 1.82) is 5.26 Å². The van der Waals surface area contributed by atoms with Crippen LogP contribution in [0.25, 0.3) is 6.08 Å². The fraction of sp³-hybridized carbons (Fsp3) is 0.200. The number of hydrogen-bond donors (Lipinski definition) is 1. The summed E-state index contributed by atoms with van der Waals surface area (Å²) in [4.78, 5) is 22.8. The zero-order valence-electron chi connectivity index (χ0n) is 15.5. The third-order valence-corrected chi connectivity index (χ3v) is 3.95. The minimum atomic E-state index is -0.596. The molecule has 0 aliphatic carbocycles. The smallest absolute Gasteiger partial charge is 0.276 e. The number of nitriles is 1. The van der Waals surface area contributed by atoms with Gasteiger partial charge in [0.2, 0.25) is 0 Å². The maximum Gasteiger partial charge on any atom is 0.276 e. The number of nitrogens with one attached hydrogen (secondary N) is 1. The lowest BCUT2D eigenvalue weighted by molar-refractivity contribution is -0.385. The van der Waals surface area contributed by atoms with Gasteiger partial charge in [0.15, 0.2) is 11.5 Å². The van der Waals surface area contributed by atoms with E-state index in [-0.39, 0.29) is 23.4 Å². The number of carbonyl (C=O) groups excluding carboxylic acids is 1. The second kappa shape index (κ2) is 9.73. The van der Waals surface area contributed by atoms with Crippen LogP contribution in [0.4, 0.5) is 5.69 Å². The number of nitro benzene ring substituents is 1. The number of hydrogen-bond acceptors (Lipinski definition) is 6. The van der Waals surface area contributed by atoms with Crippen molar-refractivity contribution in [1.82, 2.24) is 5.32 Å². The number of nitro groups is 1. The van der Waals surface area contributed by atoms with E-state index in [1.165, 1.54) is 31.4 Å². The lowest BCUT2D eigenvalue weighted by Gasteiger charge is -2.10. The summed E-state index contributed by atoms with van der Waals surface area (Å²) >= 11 is 0. The molecular formula is C20H19N3O5. The lowest BCUT2D eigenvalue weighted by atomic mass is 10.1. The predicted molar refractivity (Wildman–Crippen MR) is 103 cm³/mol. The SMILES string of the molecule is COc1ccc(CCNC(=O)/C(C#N)=C\c2ccccc2[N+](=O)[O-])cc1OC. The first kappa shape index (κ1) is 20.5. The molecule has 28 heavy (non-hydrogen) atoms. The molecule has 0 aromatic heterocycles. The molecule has 8 nitrogen and oxygen atoms in total. The average molecular weight is 381 g/mol. The van der Waals surface area contributed by atoms with Gasteiger partial charge in [-0.2, -0.15) is 5.26 Å². The molecule has 0 aliphatic heterocycles. The van der Waals surface area contributed by atoms with Crippen LogP contribution in [0.3, 0.4) is 0 Å². The molecule has 0 bridgehead atoms. The molecule has 1 N–H and O–H groups in total. The molecule has 2 aromatic rings. The highest BCUT2D eigenvalue weighted by Gasteiger charge is 2.14. The number of benzene rings is 2. The molecule has 0 atom stereocenters. The molecule has 0 unspecified atom stereocenters. The van der Waals surface area contributed by atoms with Crippen molar-refractivity contribution in [3.05, 3.63) is 69.3 Å². The predicted octanol–water partition coefficient (Wildman–Crippen LogP) is 2.88. The van der Waals surface area contributed by atoms with E-state index >= 15 is 0 Å². The first-order valence-electron chi connectivity index (χ1n) is 8.34.